The molecule has 7 heteroatoms. The number of aromatic nitrogens is 2. The Morgan fingerprint density at radius 2 is 2.24 bits per heavy atom. The fourth-order valence-electron chi connectivity index (χ4n) is 3.20. The maximum Gasteiger partial charge on any atom is 0.230 e. The first kappa shape index (κ1) is 19.3. The molecule has 1 aliphatic heterocycles. The number of carbonyl (C=O) groups excluding carboxylic acids is 1. The van der Waals surface area contributed by atoms with Crippen LogP contribution in [0.25, 0.3) is 0 Å². The number of hydrogen-bond acceptors (Lipinski definition) is 4. The quantitative estimate of drug-likeness (QED) is 0.902. The van der Waals surface area contributed by atoms with Gasteiger partial charge in [0, 0.05) is 39.1 Å². The van der Waals surface area contributed by atoms with Crippen LogP contribution in [0.1, 0.15) is 30.3 Å². The Hall–Kier alpha value is -2.05. The number of halogens is 1. The molecule has 0 bridgehead atoms. The van der Waals surface area contributed by atoms with Gasteiger partial charge in [-0.3, -0.25) is 4.79 Å². The molecule has 1 N–H and O–H groups in total. The van der Waals surface area contributed by atoms with Gasteiger partial charge in [0.15, 0.2) is 0 Å². The Morgan fingerprint density at radius 3 is 2.92 bits per heavy atom. The van der Waals surface area contributed by atoms with E-state index in [9.17, 15) is 4.79 Å². The van der Waals surface area contributed by atoms with E-state index in [0.29, 0.717) is 6.54 Å². The number of aryl methyl sites for hydroxylation is 1. The second-order valence-corrected chi connectivity index (χ2v) is 6.15. The van der Waals surface area contributed by atoms with Crippen LogP contribution in [-0.4, -0.2) is 47.1 Å². The summed E-state index contributed by atoms with van der Waals surface area (Å²) in [5.41, 5.74) is 0.969. The summed E-state index contributed by atoms with van der Waals surface area (Å²) >= 11 is 0. The van der Waals surface area contributed by atoms with E-state index in [0.717, 1.165) is 30.2 Å². The van der Waals surface area contributed by atoms with Crippen molar-refractivity contribution in [1.29, 1.82) is 0 Å². The van der Waals surface area contributed by atoms with E-state index >= 15 is 0 Å². The van der Waals surface area contributed by atoms with Gasteiger partial charge in [0.2, 0.25) is 5.91 Å². The average molecular weight is 365 g/mol. The third kappa shape index (κ3) is 3.96. The Bertz CT molecular complexity index is 719. The Kier molecular flexibility index (Phi) is 6.45. The van der Waals surface area contributed by atoms with Gasteiger partial charge in [-0.15, -0.1) is 12.4 Å². The molecule has 3 rings (SSSR count). The molecule has 136 valence electrons. The highest BCUT2D eigenvalue weighted by Gasteiger charge is 2.33. The van der Waals surface area contributed by atoms with Gasteiger partial charge in [-0.1, -0.05) is 12.1 Å². The number of ether oxygens (including phenoxy) is 1. The van der Waals surface area contributed by atoms with Gasteiger partial charge in [-0.25, -0.2) is 4.98 Å². The zero-order valence-electron chi connectivity index (χ0n) is 14.8. The molecule has 1 aliphatic rings. The molecule has 0 radical (unpaired) electrons. The maximum absolute atomic E-state index is 13.1. The predicted molar refractivity (Wildman–Crippen MR) is 99.2 cm³/mol. The summed E-state index contributed by atoms with van der Waals surface area (Å²) in [6.07, 6.45) is 3.69. The lowest BCUT2D eigenvalue weighted by Gasteiger charge is -2.37. The smallest absolute Gasteiger partial charge is 0.230 e. The molecule has 25 heavy (non-hydrogen) atoms. The lowest BCUT2D eigenvalue weighted by atomic mass is 9.98. The Labute approximate surface area is 154 Å². The first-order valence-corrected chi connectivity index (χ1v) is 8.24. The van der Waals surface area contributed by atoms with Crippen LogP contribution >= 0.6 is 12.4 Å². The van der Waals surface area contributed by atoms with Crippen LogP contribution in [0.2, 0.25) is 0 Å². The molecule has 2 atom stereocenters. The van der Waals surface area contributed by atoms with Crippen LogP contribution in [0, 0.1) is 0 Å². The summed E-state index contributed by atoms with van der Waals surface area (Å²) in [6.45, 7) is 4.16. The van der Waals surface area contributed by atoms with E-state index in [2.05, 4.69) is 10.3 Å². The number of nitrogens with one attached hydrogen (secondary N) is 1. The first-order chi connectivity index (χ1) is 11.6. The van der Waals surface area contributed by atoms with Crippen molar-refractivity contribution < 1.29 is 9.53 Å². The van der Waals surface area contributed by atoms with Gasteiger partial charge in [-0.05, 0) is 24.6 Å². The molecule has 1 aromatic carbocycles. The van der Waals surface area contributed by atoms with Crippen LogP contribution in [-0.2, 0) is 11.8 Å². The predicted octanol–water partition coefficient (Wildman–Crippen LogP) is 2.13. The topological polar surface area (TPSA) is 59.4 Å². The largest absolute Gasteiger partial charge is 0.497 e. The molecule has 2 unspecified atom stereocenters. The molecule has 0 spiro atoms. The van der Waals surface area contributed by atoms with Crippen LogP contribution in [0.4, 0.5) is 0 Å². The zero-order chi connectivity index (χ0) is 17.1. The van der Waals surface area contributed by atoms with Gasteiger partial charge in [-0.2, -0.15) is 0 Å². The second kappa shape index (κ2) is 8.36. The van der Waals surface area contributed by atoms with Crippen LogP contribution < -0.4 is 10.1 Å². The lowest BCUT2D eigenvalue weighted by Crippen LogP contribution is -2.50. The molecule has 2 aromatic rings. The third-order valence-electron chi connectivity index (χ3n) is 4.65. The SMILES string of the molecule is COc1cccc(C(C)C(=O)N2CCNCC2c2nccn2C)c1.Cl. The number of carbonyl (C=O) groups is 1. The van der Waals surface area contributed by atoms with Crippen LogP contribution in [0.15, 0.2) is 36.7 Å². The standard InChI is InChI=1S/C18H24N4O2.ClH/c1-13(14-5-4-6-15(11-14)24-3)18(23)22-10-7-19-12-16(22)17-20-8-9-21(17)2;/h4-6,8-9,11,13,16,19H,7,10,12H2,1-3H3;1H. The maximum atomic E-state index is 13.1. The minimum Gasteiger partial charge on any atom is -0.497 e. The number of rotatable bonds is 4. The Morgan fingerprint density at radius 1 is 1.44 bits per heavy atom. The van der Waals surface area contributed by atoms with E-state index in [4.69, 9.17) is 4.74 Å². The molecular weight excluding hydrogens is 340 g/mol. The molecule has 1 aromatic heterocycles. The van der Waals surface area contributed by atoms with E-state index in [1.807, 2.05) is 53.9 Å². The van der Waals surface area contributed by atoms with Gasteiger partial charge in [0.1, 0.15) is 17.6 Å². The molecule has 0 saturated carbocycles. The lowest BCUT2D eigenvalue weighted by molar-refractivity contribution is -0.136. The number of imidazole rings is 1. The van der Waals surface area contributed by atoms with Crippen molar-refractivity contribution >= 4 is 18.3 Å². The summed E-state index contributed by atoms with van der Waals surface area (Å²) in [5, 5.41) is 3.36. The molecule has 1 amide bonds. The minimum absolute atomic E-state index is 0. The highest BCUT2D eigenvalue weighted by Crippen LogP contribution is 2.27. The van der Waals surface area contributed by atoms with Gasteiger partial charge >= 0.3 is 0 Å². The first-order valence-electron chi connectivity index (χ1n) is 8.24. The highest BCUT2D eigenvalue weighted by molar-refractivity contribution is 5.85. The van der Waals surface area contributed by atoms with E-state index in [1.165, 1.54) is 0 Å². The minimum atomic E-state index is -0.221. The second-order valence-electron chi connectivity index (χ2n) is 6.15. The van der Waals surface area contributed by atoms with E-state index in [-0.39, 0.29) is 30.3 Å². The fraction of sp³-hybridized carbons (Fsp3) is 0.444. The average Bonchev–Trinajstić information content (AvgIpc) is 3.06. The van der Waals surface area contributed by atoms with Crippen LogP contribution in [0.5, 0.6) is 5.75 Å². The summed E-state index contributed by atoms with van der Waals surface area (Å²) < 4.78 is 7.26. The zero-order valence-corrected chi connectivity index (χ0v) is 15.6. The Balaban J connectivity index is 0.00000225. The summed E-state index contributed by atoms with van der Waals surface area (Å²) in [4.78, 5) is 19.5. The molecule has 1 saturated heterocycles. The molecular formula is C18H25ClN4O2. The van der Waals surface area contributed by atoms with Crippen molar-refractivity contribution in [1.82, 2.24) is 19.8 Å². The fourth-order valence-corrected chi connectivity index (χ4v) is 3.20. The monoisotopic (exact) mass is 364 g/mol. The van der Waals surface area contributed by atoms with E-state index < -0.39 is 0 Å². The van der Waals surface area contributed by atoms with Crippen molar-refractivity contribution in [2.45, 2.75) is 18.9 Å². The van der Waals surface area contributed by atoms with Gasteiger partial charge < -0.3 is 19.5 Å². The molecule has 2 heterocycles. The van der Waals surface area contributed by atoms with Crippen molar-refractivity contribution in [2.75, 3.05) is 26.7 Å². The molecule has 6 nitrogen and oxygen atoms in total. The van der Waals surface area contributed by atoms with Gasteiger partial charge in [0.25, 0.3) is 0 Å². The summed E-state index contributed by atoms with van der Waals surface area (Å²) in [7, 11) is 3.60. The van der Waals surface area contributed by atoms with Crippen molar-refractivity contribution in [3.05, 3.63) is 48.0 Å². The van der Waals surface area contributed by atoms with Crippen molar-refractivity contribution in [3.8, 4) is 5.75 Å². The number of hydrogen-bond donors (Lipinski definition) is 1. The number of methoxy groups -OCH3 is 1. The number of piperazine rings is 1. The normalized spacial score (nSPS) is 18.4. The van der Waals surface area contributed by atoms with Crippen molar-refractivity contribution in [3.63, 3.8) is 0 Å². The number of amides is 1. The van der Waals surface area contributed by atoms with Crippen LogP contribution in [0.3, 0.4) is 0 Å². The van der Waals surface area contributed by atoms with Gasteiger partial charge in [0.05, 0.1) is 13.0 Å². The number of benzene rings is 1. The van der Waals surface area contributed by atoms with E-state index in [1.54, 1.807) is 13.3 Å². The molecule has 1 fully saturated rings. The third-order valence-corrected chi connectivity index (χ3v) is 4.65. The number of nitrogens with zero attached hydrogens (tertiary/aromatic N) is 3. The summed E-state index contributed by atoms with van der Waals surface area (Å²) in [6, 6.07) is 7.68. The highest BCUT2D eigenvalue weighted by atomic mass is 35.5. The summed E-state index contributed by atoms with van der Waals surface area (Å²) in [5.74, 6) is 1.58. The van der Waals surface area contributed by atoms with Crippen molar-refractivity contribution in [2.24, 2.45) is 7.05 Å². The molecule has 0 aliphatic carbocycles.